The maximum atomic E-state index is 13.1. The van der Waals surface area contributed by atoms with Crippen molar-refractivity contribution in [3.05, 3.63) is 48.3 Å². The zero-order chi connectivity index (χ0) is 16.5. The molecule has 0 bridgehead atoms. The maximum absolute atomic E-state index is 13.1. The van der Waals surface area contributed by atoms with Crippen molar-refractivity contribution in [2.75, 3.05) is 18.0 Å². The van der Waals surface area contributed by atoms with Gasteiger partial charge in [-0.1, -0.05) is 0 Å². The third-order valence-electron chi connectivity index (χ3n) is 4.42. The van der Waals surface area contributed by atoms with Gasteiger partial charge < -0.3 is 9.88 Å². The molecule has 7 heteroatoms. The van der Waals surface area contributed by atoms with Gasteiger partial charge >= 0.3 is 0 Å². The fraction of sp³-hybridized carbons (Fsp3) is 0.294. The number of rotatable bonds is 3. The summed E-state index contributed by atoms with van der Waals surface area (Å²) >= 11 is 0. The lowest BCUT2D eigenvalue weighted by atomic mass is 9.90. The summed E-state index contributed by atoms with van der Waals surface area (Å²) in [4.78, 5) is 30.5. The fourth-order valence-electron chi connectivity index (χ4n) is 3.23. The average molecular weight is 325 g/mol. The van der Waals surface area contributed by atoms with Gasteiger partial charge in [0.25, 0.3) is 0 Å². The van der Waals surface area contributed by atoms with Crippen LogP contribution in [-0.4, -0.2) is 38.8 Å². The highest BCUT2D eigenvalue weighted by Crippen LogP contribution is 2.27. The van der Waals surface area contributed by atoms with E-state index in [0.29, 0.717) is 17.8 Å². The molecule has 0 amide bonds. The summed E-state index contributed by atoms with van der Waals surface area (Å²) in [6.45, 7) is 1.42. The number of hydrogen-bond acceptors (Lipinski definition) is 5. The van der Waals surface area contributed by atoms with Crippen LogP contribution in [0.25, 0.3) is 11.2 Å². The number of aromatic nitrogens is 4. The number of carbonyl (C=O) groups is 1. The average Bonchev–Trinajstić information content (AvgIpc) is 3.10. The van der Waals surface area contributed by atoms with Gasteiger partial charge in [0.05, 0.1) is 6.33 Å². The maximum Gasteiger partial charge on any atom is 0.182 e. The van der Waals surface area contributed by atoms with E-state index in [0.717, 1.165) is 30.7 Å². The summed E-state index contributed by atoms with van der Waals surface area (Å²) in [5.41, 5.74) is 1.96. The first kappa shape index (κ1) is 14.7. The van der Waals surface area contributed by atoms with Crippen molar-refractivity contribution in [2.24, 2.45) is 5.92 Å². The number of carbonyl (C=O) groups excluding carboxylic acids is 1. The summed E-state index contributed by atoms with van der Waals surface area (Å²) in [6.07, 6.45) is 4.80. The van der Waals surface area contributed by atoms with Crippen LogP contribution < -0.4 is 4.90 Å². The van der Waals surface area contributed by atoms with Crippen LogP contribution in [0.3, 0.4) is 0 Å². The molecule has 1 aliphatic heterocycles. The summed E-state index contributed by atoms with van der Waals surface area (Å²) in [6, 6.07) is 5.75. The van der Waals surface area contributed by atoms with E-state index in [-0.39, 0.29) is 17.5 Å². The molecular formula is C17H16FN5O. The van der Waals surface area contributed by atoms with Crippen LogP contribution >= 0.6 is 0 Å². The predicted molar refractivity (Wildman–Crippen MR) is 87.4 cm³/mol. The molecular weight excluding hydrogens is 309 g/mol. The van der Waals surface area contributed by atoms with Gasteiger partial charge in [-0.05, 0) is 37.1 Å². The van der Waals surface area contributed by atoms with Crippen LogP contribution in [0.15, 0.2) is 36.9 Å². The number of Topliss-reactive ketones (excluding diaryl/α,β-unsaturated/α-hetero) is 1. The minimum atomic E-state index is -0.334. The Morgan fingerprint density at radius 2 is 2.04 bits per heavy atom. The van der Waals surface area contributed by atoms with E-state index >= 15 is 0 Å². The molecule has 6 nitrogen and oxygen atoms in total. The van der Waals surface area contributed by atoms with E-state index in [9.17, 15) is 9.18 Å². The lowest BCUT2D eigenvalue weighted by Gasteiger charge is -2.32. The predicted octanol–water partition coefficient (Wildman–Crippen LogP) is 2.59. The number of fused-ring (bicyclic) bond motifs is 1. The number of piperidine rings is 1. The first-order valence-electron chi connectivity index (χ1n) is 7.91. The molecule has 0 unspecified atom stereocenters. The molecule has 1 aromatic carbocycles. The van der Waals surface area contributed by atoms with Crippen molar-refractivity contribution >= 4 is 22.8 Å². The Labute approximate surface area is 137 Å². The van der Waals surface area contributed by atoms with Gasteiger partial charge in [0.1, 0.15) is 17.7 Å². The smallest absolute Gasteiger partial charge is 0.182 e. The third kappa shape index (κ3) is 2.62. The van der Waals surface area contributed by atoms with Gasteiger partial charge in [-0.15, -0.1) is 0 Å². The molecule has 1 aliphatic rings. The largest absolute Gasteiger partial charge is 0.354 e. The number of ketones is 1. The molecule has 0 spiro atoms. The molecule has 1 fully saturated rings. The van der Waals surface area contributed by atoms with Crippen LogP contribution in [0, 0.1) is 11.7 Å². The number of nitrogens with zero attached hydrogens (tertiary/aromatic N) is 4. The molecule has 3 heterocycles. The molecule has 1 N–H and O–H groups in total. The number of hydrogen-bond donors (Lipinski definition) is 1. The van der Waals surface area contributed by atoms with Crippen LogP contribution in [0.2, 0.25) is 0 Å². The van der Waals surface area contributed by atoms with E-state index in [4.69, 9.17) is 0 Å². The van der Waals surface area contributed by atoms with Crippen molar-refractivity contribution < 1.29 is 9.18 Å². The first-order valence-corrected chi connectivity index (χ1v) is 7.91. The zero-order valence-electron chi connectivity index (χ0n) is 12.9. The van der Waals surface area contributed by atoms with Gasteiger partial charge in [0.2, 0.25) is 0 Å². The molecule has 1 atom stereocenters. The SMILES string of the molecule is O=C(c1ccc(F)cc1)[C@H]1CCCN(c2ncnc3nc[nH]c23)C1. The van der Waals surface area contributed by atoms with E-state index < -0.39 is 0 Å². The number of anilines is 1. The van der Waals surface area contributed by atoms with Crippen molar-refractivity contribution in [1.29, 1.82) is 0 Å². The van der Waals surface area contributed by atoms with Crippen molar-refractivity contribution in [1.82, 2.24) is 19.9 Å². The summed E-state index contributed by atoms with van der Waals surface area (Å²) in [5.74, 6) is 0.361. The quantitative estimate of drug-likeness (QED) is 0.749. The molecule has 0 radical (unpaired) electrons. The van der Waals surface area contributed by atoms with E-state index in [1.807, 2.05) is 0 Å². The van der Waals surface area contributed by atoms with E-state index in [1.54, 1.807) is 18.5 Å². The second-order valence-electron chi connectivity index (χ2n) is 5.95. The highest BCUT2D eigenvalue weighted by molar-refractivity contribution is 5.98. The van der Waals surface area contributed by atoms with Crippen LogP contribution in [-0.2, 0) is 0 Å². The standard InChI is InChI=1S/C17H16FN5O/c18-13-5-3-11(4-6-13)15(24)12-2-1-7-23(8-12)17-14-16(20-9-19-14)21-10-22-17/h3-6,9-10,12H,1-2,7-8H2,(H,19,20,21,22)/t12-/m0/s1. The first-order chi connectivity index (χ1) is 11.7. The van der Waals surface area contributed by atoms with Crippen molar-refractivity contribution in [3.63, 3.8) is 0 Å². The molecule has 0 aliphatic carbocycles. The number of aromatic amines is 1. The number of nitrogens with one attached hydrogen (secondary N) is 1. The van der Waals surface area contributed by atoms with Crippen molar-refractivity contribution in [3.8, 4) is 0 Å². The minimum absolute atomic E-state index is 0.0506. The molecule has 1 saturated heterocycles. The number of halogens is 1. The lowest BCUT2D eigenvalue weighted by Crippen LogP contribution is -2.39. The Morgan fingerprint density at radius 3 is 2.88 bits per heavy atom. The Morgan fingerprint density at radius 1 is 1.21 bits per heavy atom. The van der Waals surface area contributed by atoms with Gasteiger partial charge in [-0.2, -0.15) is 0 Å². The number of imidazole rings is 1. The normalized spacial score (nSPS) is 18.0. The molecule has 122 valence electrons. The van der Waals surface area contributed by atoms with Crippen molar-refractivity contribution in [2.45, 2.75) is 12.8 Å². The molecule has 24 heavy (non-hydrogen) atoms. The highest BCUT2D eigenvalue weighted by atomic mass is 19.1. The topological polar surface area (TPSA) is 74.8 Å². The second-order valence-corrected chi connectivity index (χ2v) is 5.95. The highest BCUT2D eigenvalue weighted by Gasteiger charge is 2.28. The third-order valence-corrected chi connectivity index (χ3v) is 4.42. The lowest BCUT2D eigenvalue weighted by molar-refractivity contribution is 0.0907. The van der Waals surface area contributed by atoms with Crippen LogP contribution in [0.1, 0.15) is 23.2 Å². The monoisotopic (exact) mass is 325 g/mol. The fourth-order valence-corrected chi connectivity index (χ4v) is 3.23. The molecule has 0 saturated carbocycles. The summed E-state index contributed by atoms with van der Waals surface area (Å²) < 4.78 is 13.1. The second kappa shape index (κ2) is 5.99. The van der Waals surface area contributed by atoms with Crippen LogP contribution in [0.4, 0.5) is 10.2 Å². The minimum Gasteiger partial charge on any atom is -0.354 e. The van der Waals surface area contributed by atoms with Gasteiger partial charge in [0, 0.05) is 24.6 Å². The zero-order valence-corrected chi connectivity index (χ0v) is 12.9. The van der Waals surface area contributed by atoms with Crippen LogP contribution in [0.5, 0.6) is 0 Å². The Hall–Kier alpha value is -2.83. The Kier molecular flexibility index (Phi) is 3.68. The molecule has 4 rings (SSSR count). The summed E-state index contributed by atoms with van der Waals surface area (Å²) in [5, 5.41) is 0. The molecule has 3 aromatic rings. The van der Waals surface area contributed by atoms with Gasteiger partial charge in [-0.25, -0.2) is 19.3 Å². The van der Waals surface area contributed by atoms with E-state index in [1.165, 1.54) is 18.5 Å². The molecule has 2 aromatic heterocycles. The van der Waals surface area contributed by atoms with E-state index in [2.05, 4.69) is 24.8 Å². The van der Waals surface area contributed by atoms with Gasteiger partial charge in [-0.3, -0.25) is 4.79 Å². The van der Waals surface area contributed by atoms with Gasteiger partial charge in [0.15, 0.2) is 17.2 Å². The number of benzene rings is 1. The Bertz CT molecular complexity index is 876. The Balaban J connectivity index is 1.58. The number of H-pyrrole nitrogens is 1. The summed E-state index contributed by atoms with van der Waals surface area (Å²) in [7, 11) is 0.